The fourth-order valence-electron chi connectivity index (χ4n) is 4.12. The molecule has 0 radical (unpaired) electrons. The third-order valence-electron chi connectivity index (χ3n) is 6.02. The van der Waals surface area contributed by atoms with Crippen molar-refractivity contribution in [3.05, 3.63) is 53.9 Å². The molecular weight excluding hydrogens is 460 g/mol. The van der Waals surface area contributed by atoms with Crippen LogP contribution in [-0.2, 0) is 24.3 Å². The van der Waals surface area contributed by atoms with E-state index >= 15 is 0 Å². The van der Waals surface area contributed by atoms with Crippen molar-refractivity contribution in [2.24, 2.45) is 5.41 Å². The van der Waals surface area contributed by atoms with Gasteiger partial charge in [-0.05, 0) is 64.8 Å². The van der Waals surface area contributed by atoms with Crippen LogP contribution in [0.15, 0.2) is 47.5 Å². The molecule has 1 atom stereocenters. The number of aromatic nitrogens is 1. The van der Waals surface area contributed by atoms with E-state index in [-0.39, 0.29) is 36.5 Å². The molecule has 3 rings (SSSR count). The maximum Gasteiger partial charge on any atom is 0.410 e. The fraction of sp³-hybridized carbons (Fsp3) is 0.500. The van der Waals surface area contributed by atoms with Crippen LogP contribution in [0.1, 0.15) is 51.0 Å². The van der Waals surface area contributed by atoms with Gasteiger partial charge in [0, 0.05) is 19.3 Å². The predicted octanol–water partition coefficient (Wildman–Crippen LogP) is 3.26. The lowest BCUT2D eigenvalue weighted by Gasteiger charge is -2.42. The molecule has 2 aromatic rings. The molecule has 1 aliphatic rings. The highest BCUT2D eigenvalue weighted by Gasteiger charge is 2.51. The zero-order valence-corrected chi connectivity index (χ0v) is 21.0. The van der Waals surface area contributed by atoms with Crippen LogP contribution in [0.3, 0.4) is 0 Å². The van der Waals surface area contributed by atoms with Gasteiger partial charge in [-0.1, -0.05) is 17.7 Å². The van der Waals surface area contributed by atoms with Crippen molar-refractivity contribution in [3.8, 4) is 0 Å². The van der Waals surface area contributed by atoms with Gasteiger partial charge in [0.15, 0.2) is 0 Å². The largest absolute Gasteiger partial charge is 0.469 e. The zero-order valence-electron chi connectivity index (χ0n) is 20.1. The molecule has 2 heterocycles. The van der Waals surface area contributed by atoms with Crippen LogP contribution in [-0.4, -0.2) is 60.3 Å². The second-order valence-corrected chi connectivity index (χ2v) is 11.4. The van der Waals surface area contributed by atoms with Crippen molar-refractivity contribution >= 4 is 22.1 Å². The molecule has 186 valence electrons. The minimum Gasteiger partial charge on any atom is -0.469 e. The summed E-state index contributed by atoms with van der Waals surface area (Å²) in [6.07, 6.45) is -0.484. The molecule has 1 amide bonds. The first-order chi connectivity index (χ1) is 15.8. The number of nitrogens with zero attached hydrogens (tertiary/aromatic N) is 2. The first kappa shape index (κ1) is 25.8. The van der Waals surface area contributed by atoms with Gasteiger partial charge in [0.05, 0.1) is 17.7 Å². The van der Waals surface area contributed by atoms with Gasteiger partial charge in [0.25, 0.3) is 10.0 Å². The monoisotopic (exact) mass is 492 g/mol. The number of amides is 1. The maximum atomic E-state index is 13.3. The molecule has 10 heteroatoms. The number of benzene rings is 1. The summed E-state index contributed by atoms with van der Waals surface area (Å²) in [7, 11) is -2.79. The van der Waals surface area contributed by atoms with Crippen molar-refractivity contribution in [1.82, 2.24) is 8.87 Å². The SMILES string of the molecule is COC(=O)C1(C(O)c2cccn2S(=O)(=O)c2ccc(C)cc2)CCN(C(=O)OC(C)(C)C)CC1. The number of esters is 1. The number of aliphatic hydroxyl groups is 1. The number of ether oxygens (including phenoxy) is 2. The lowest BCUT2D eigenvalue weighted by Crippen LogP contribution is -2.51. The van der Waals surface area contributed by atoms with Crippen LogP contribution >= 0.6 is 0 Å². The highest BCUT2D eigenvalue weighted by atomic mass is 32.2. The molecule has 9 nitrogen and oxygen atoms in total. The fourth-order valence-corrected chi connectivity index (χ4v) is 5.50. The number of likely N-dealkylation sites (tertiary alicyclic amines) is 1. The van der Waals surface area contributed by atoms with Gasteiger partial charge in [-0.25, -0.2) is 17.2 Å². The number of carbonyl (C=O) groups is 2. The topological polar surface area (TPSA) is 115 Å². The lowest BCUT2D eigenvalue weighted by molar-refractivity contribution is -0.166. The Bertz CT molecular complexity index is 1140. The Kier molecular flexibility index (Phi) is 7.14. The van der Waals surface area contributed by atoms with Gasteiger partial charge in [-0.3, -0.25) is 4.79 Å². The van der Waals surface area contributed by atoms with Gasteiger partial charge < -0.3 is 19.5 Å². The van der Waals surface area contributed by atoms with Crippen LogP contribution in [0, 0.1) is 12.3 Å². The van der Waals surface area contributed by atoms with Gasteiger partial charge in [0.1, 0.15) is 17.1 Å². The van der Waals surface area contributed by atoms with Gasteiger partial charge in [-0.15, -0.1) is 0 Å². The van der Waals surface area contributed by atoms with Gasteiger partial charge in [-0.2, -0.15) is 0 Å². The summed E-state index contributed by atoms with van der Waals surface area (Å²) in [5.41, 5.74) is -1.13. The molecule has 1 saturated heterocycles. The second kappa shape index (κ2) is 9.42. The quantitative estimate of drug-likeness (QED) is 0.637. The molecule has 0 bridgehead atoms. The molecule has 1 unspecified atom stereocenters. The maximum absolute atomic E-state index is 13.3. The van der Waals surface area contributed by atoms with E-state index < -0.39 is 39.2 Å². The van der Waals surface area contributed by atoms with Crippen molar-refractivity contribution in [1.29, 1.82) is 0 Å². The molecule has 1 aromatic carbocycles. The summed E-state index contributed by atoms with van der Waals surface area (Å²) in [5, 5.41) is 11.4. The Morgan fingerprint density at radius 2 is 1.68 bits per heavy atom. The molecular formula is C24H32N2O7S. The molecule has 0 spiro atoms. The summed E-state index contributed by atoms with van der Waals surface area (Å²) in [6.45, 7) is 7.43. The van der Waals surface area contributed by atoms with E-state index in [1.807, 2.05) is 6.92 Å². The Hall–Kier alpha value is -2.85. The minimum absolute atomic E-state index is 0.0525. The average Bonchev–Trinajstić information content (AvgIpc) is 3.28. The van der Waals surface area contributed by atoms with Crippen LogP contribution in [0.25, 0.3) is 0 Å². The second-order valence-electron chi connectivity index (χ2n) is 9.56. The number of piperidine rings is 1. The predicted molar refractivity (Wildman–Crippen MR) is 125 cm³/mol. The van der Waals surface area contributed by atoms with Crippen LogP contribution in [0.4, 0.5) is 4.79 Å². The number of rotatable bonds is 5. The average molecular weight is 493 g/mol. The molecule has 1 aliphatic heterocycles. The van der Waals surface area contributed by atoms with E-state index in [0.717, 1.165) is 9.54 Å². The van der Waals surface area contributed by atoms with Gasteiger partial charge in [0.2, 0.25) is 0 Å². The first-order valence-corrected chi connectivity index (χ1v) is 12.5. The van der Waals surface area contributed by atoms with Crippen molar-refractivity contribution in [3.63, 3.8) is 0 Å². The highest BCUT2D eigenvalue weighted by molar-refractivity contribution is 7.90. The van der Waals surface area contributed by atoms with Gasteiger partial charge >= 0.3 is 12.1 Å². The Morgan fingerprint density at radius 3 is 2.21 bits per heavy atom. The molecule has 34 heavy (non-hydrogen) atoms. The Labute approximate surface area is 200 Å². The Balaban J connectivity index is 1.92. The highest BCUT2D eigenvalue weighted by Crippen LogP contribution is 2.45. The molecule has 1 fully saturated rings. The Morgan fingerprint density at radius 1 is 1.09 bits per heavy atom. The zero-order chi connectivity index (χ0) is 25.3. The lowest BCUT2D eigenvalue weighted by atomic mass is 9.72. The third kappa shape index (κ3) is 4.97. The number of hydrogen-bond donors (Lipinski definition) is 1. The molecule has 0 saturated carbocycles. The van der Waals surface area contributed by atoms with E-state index in [2.05, 4.69) is 0 Å². The summed E-state index contributed by atoms with van der Waals surface area (Å²) in [4.78, 5) is 26.9. The summed E-state index contributed by atoms with van der Waals surface area (Å²) in [5.74, 6) is -0.663. The standard InChI is InChI=1S/C24H32N2O7S/c1-17-8-10-18(11-9-17)34(30,31)26-14-6-7-19(26)20(27)24(21(28)32-5)12-15-25(16-13-24)22(29)33-23(2,3)4/h6-11,14,20,27H,12-13,15-16H2,1-5H3. The number of methoxy groups -OCH3 is 1. The van der Waals surface area contributed by atoms with Crippen molar-refractivity contribution in [2.75, 3.05) is 20.2 Å². The number of carbonyl (C=O) groups excluding carboxylic acids is 2. The normalized spacial score (nSPS) is 17.2. The van der Waals surface area contributed by atoms with Crippen LogP contribution in [0.5, 0.6) is 0 Å². The minimum atomic E-state index is -4.01. The summed E-state index contributed by atoms with van der Waals surface area (Å²) < 4.78 is 38.0. The third-order valence-corrected chi connectivity index (χ3v) is 7.74. The number of hydrogen-bond acceptors (Lipinski definition) is 7. The first-order valence-electron chi connectivity index (χ1n) is 11.1. The van der Waals surface area contributed by atoms with E-state index in [9.17, 15) is 23.1 Å². The summed E-state index contributed by atoms with van der Waals surface area (Å²) >= 11 is 0. The van der Waals surface area contributed by atoms with Crippen LogP contribution < -0.4 is 0 Å². The number of aryl methyl sites for hydroxylation is 1. The molecule has 0 aliphatic carbocycles. The number of aliphatic hydroxyl groups excluding tert-OH is 1. The van der Waals surface area contributed by atoms with E-state index in [4.69, 9.17) is 9.47 Å². The molecule has 1 aromatic heterocycles. The smallest absolute Gasteiger partial charge is 0.410 e. The molecule has 1 N–H and O–H groups in total. The van der Waals surface area contributed by atoms with Crippen molar-refractivity contribution in [2.45, 2.75) is 57.1 Å². The van der Waals surface area contributed by atoms with E-state index in [1.54, 1.807) is 32.9 Å². The van der Waals surface area contributed by atoms with Crippen LogP contribution in [0.2, 0.25) is 0 Å². The van der Waals surface area contributed by atoms with E-state index in [0.29, 0.717) is 0 Å². The summed E-state index contributed by atoms with van der Waals surface area (Å²) in [6, 6.07) is 9.35. The van der Waals surface area contributed by atoms with E-state index in [1.165, 1.54) is 42.5 Å². The van der Waals surface area contributed by atoms with Crippen molar-refractivity contribution < 1.29 is 32.6 Å².